The van der Waals surface area contributed by atoms with E-state index in [9.17, 15) is 9.59 Å². The van der Waals surface area contributed by atoms with Crippen LogP contribution in [0.5, 0.6) is 0 Å². The Balaban J connectivity index is 3.39. The van der Waals surface area contributed by atoms with Crippen molar-refractivity contribution in [2.75, 3.05) is 6.61 Å². The highest BCUT2D eigenvalue weighted by Gasteiger charge is 2.05. The summed E-state index contributed by atoms with van der Waals surface area (Å²) in [7, 11) is 0. The number of hydrogen-bond acceptors (Lipinski definition) is 3. The van der Waals surface area contributed by atoms with Crippen LogP contribution >= 0.6 is 0 Å². The van der Waals surface area contributed by atoms with Crippen LogP contribution in [0.15, 0.2) is 0 Å². The molecule has 0 unspecified atom stereocenters. The van der Waals surface area contributed by atoms with E-state index in [1.54, 1.807) is 0 Å². The lowest BCUT2D eigenvalue weighted by Gasteiger charge is -1.90. The van der Waals surface area contributed by atoms with Crippen molar-refractivity contribution in [2.24, 2.45) is 0 Å². The fourth-order valence-electron chi connectivity index (χ4n) is 0.416. The Kier molecular flexibility index (Phi) is 3.88. The molecule has 0 saturated heterocycles. The third kappa shape index (κ3) is 3.85. The largest absolute Gasteiger partial charge is 0.396 e. The van der Waals surface area contributed by atoms with Crippen LogP contribution < -0.4 is 0 Å². The molecule has 3 nitrogen and oxygen atoms in total. The summed E-state index contributed by atoms with van der Waals surface area (Å²) in [6.45, 7) is 1.21. The van der Waals surface area contributed by atoms with E-state index in [0.29, 0.717) is 6.42 Å². The second kappa shape index (κ2) is 4.21. The Labute approximate surface area is 53.7 Å². The Morgan fingerprint density at radius 2 is 2.00 bits per heavy atom. The van der Waals surface area contributed by atoms with Crippen molar-refractivity contribution >= 4 is 11.6 Å². The molecule has 0 heterocycles. The zero-order chi connectivity index (χ0) is 7.28. The van der Waals surface area contributed by atoms with Crippen LogP contribution in [0, 0.1) is 0 Å². The highest BCUT2D eigenvalue weighted by molar-refractivity contribution is 6.36. The highest BCUT2D eigenvalue weighted by atomic mass is 16.3. The lowest BCUT2D eigenvalue weighted by Crippen LogP contribution is -2.09. The number of hydrogen-bond donors (Lipinski definition) is 1. The molecule has 0 atom stereocenters. The number of Topliss-reactive ketones (excluding diaryl/α,β-unsaturated/α-hetero) is 2. The molecule has 9 heavy (non-hydrogen) atoms. The average Bonchev–Trinajstić information content (AvgIpc) is 1.82. The van der Waals surface area contributed by atoms with Crippen molar-refractivity contribution in [3.05, 3.63) is 0 Å². The summed E-state index contributed by atoms with van der Waals surface area (Å²) in [5, 5.41) is 8.23. The Morgan fingerprint density at radius 1 is 1.44 bits per heavy atom. The molecular weight excluding hydrogens is 120 g/mol. The number of ketones is 2. The molecule has 0 amide bonds. The number of rotatable bonds is 4. The molecule has 3 heteroatoms. The van der Waals surface area contributed by atoms with Gasteiger partial charge in [-0.2, -0.15) is 0 Å². The van der Waals surface area contributed by atoms with Crippen molar-refractivity contribution in [1.82, 2.24) is 0 Å². The zero-order valence-electron chi connectivity index (χ0n) is 5.39. The maximum absolute atomic E-state index is 10.4. The first-order valence-electron chi connectivity index (χ1n) is 2.83. The molecule has 0 aliphatic carbocycles. The van der Waals surface area contributed by atoms with Gasteiger partial charge in [0, 0.05) is 20.0 Å². The average molecular weight is 130 g/mol. The molecule has 0 spiro atoms. The van der Waals surface area contributed by atoms with Gasteiger partial charge < -0.3 is 5.11 Å². The summed E-state index contributed by atoms with van der Waals surface area (Å²) in [6.07, 6.45) is 0.560. The molecule has 0 aliphatic heterocycles. The SMILES string of the molecule is CC(=O)C(=O)CCCO. The van der Waals surface area contributed by atoms with Gasteiger partial charge in [-0.3, -0.25) is 9.59 Å². The van der Waals surface area contributed by atoms with E-state index in [0.717, 1.165) is 0 Å². The molecule has 0 aromatic carbocycles. The van der Waals surface area contributed by atoms with Crippen LogP contribution in [0.25, 0.3) is 0 Å². The van der Waals surface area contributed by atoms with Crippen molar-refractivity contribution < 1.29 is 14.7 Å². The van der Waals surface area contributed by atoms with Gasteiger partial charge >= 0.3 is 0 Å². The predicted octanol–water partition coefficient (Wildman–Crippen LogP) is -0.0830. The molecule has 0 radical (unpaired) electrons. The molecule has 0 fully saturated rings. The van der Waals surface area contributed by atoms with E-state index < -0.39 is 11.6 Å². The second-order valence-corrected chi connectivity index (χ2v) is 1.81. The summed E-state index contributed by atoms with van der Waals surface area (Å²) in [4.78, 5) is 20.7. The van der Waals surface area contributed by atoms with E-state index in [2.05, 4.69) is 0 Å². The lowest BCUT2D eigenvalue weighted by molar-refractivity contribution is -0.135. The number of carbonyl (C=O) groups excluding carboxylic acids is 2. The van der Waals surface area contributed by atoms with Gasteiger partial charge in [0.2, 0.25) is 0 Å². The van der Waals surface area contributed by atoms with Gasteiger partial charge in [-0.15, -0.1) is 0 Å². The van der Waals surface area contributed by atoms with Gasteiger partial charge in [0.1, 0.15) is 0 Å². The van der Waals surface area contributed by atoms with Crippen LogP contribution in [-0.2, 0) is 9.59 Å². The number of aliphatic hydroxyl groups excluding tert-OH is 1. The summed E-state index contributed by atoms with van der Waals surface area (Å²) in [5.41, 5.74) is 0. The van der Waals surface area contributed by atoms with E-state index in [-0.39, 0.29) is 13.0 Å². The number of aliphatic hydroxyl groups is 1. The molecule has 0 aromatic rings. The van der Waals surface area contributed by atoms with Crippen molar-refractivity contribution in [3.8, 4) is 0 Å². The predicted molar refractivity (Wildman–Crippen MR) is 32.0 cm³/mol. The molecule has 0 bridgehead atoms. The summed E-state index contributed by atoms with van der Waals surface area (Å²) >= 11 is 0. The minimum Gasteiger partial charge on any atom is -0.396 e. The fraction of sp³-hybridized carbons (Fsp3) is 0.667. The standard InChI is InChI=1S/C6H10O3/c1-5(8)6(9)3-2-4-7/h7H,2-4H2,1H3. The third-order valence-corrected chi connectivity index (χ3v) is 0.955. The molecule has 0 saturated carbocycles. The summed E-state index contributed by atoms with van der Waals surface area (Å²) < 4.78 is 0. The Bertz CT molecular complexity index is 117. The van der Waals surface area contributed by atoms with E-state index in [4.69, 9.17) is 5.11 Å². The van der Waals surface area contributed by atoms with Gasteiger partial charge in [-0.05, 0) is 6.42 Å². The topological polar surface area (TPSA) is 54.4 Å². The maximum Gasteiger partial charge on any atom is 0.198 e. The van der Waals surface area contributed by atoms with Crippen molar-refractivity contribution in [1.29, 1.82) is 0 Å². The van der Waals surface area contributed by atoms with E-state index in [1.165, 1.54) is 6.92 Å². The highest BCUT2D eigenvalue weighted by Crippen LogP contribution is 1.89. The van der Waals surface area contributed by atoms with Crippen LogP contribution in [0.1, 0.15) is 19.8 Å². The lowest BCUT2D eigenvalue weighted by atomic mass is 10.2. The van der Waals surface area contributed by atoms with Gasteiger partial charge in [-0.1, -0.05) is 0 Å². The minimum absolute atomic E-state index is 0.0288. The van der Waals surface area contributed by atoms with Crippen molar-refractivity contribution in [3.63, 3.8) is 0 Å². The maximum atomic E-state index is 10.4. The van der Waals surface area contributed by atoms with E-state index >= 15 is 0 Å². The van der Waals surface area contributed by atoms with Gasteiger partial charge in [0.25, 0.3) is 0 Å². The Hall–Kier alpha value is -0.700. The van der Waals surface area contributed by atoms with Gasteiger partial charge in [0.15, 0.2) is 11.6 Å². The first kappa shape index (κ1) is 8.30. The first-order valence-corrected chi connectivity index (χ1v) is 2.83. The second-order valence-electron chi connectivity index (χ2n) is 1.81. The molecular formula is C6H10O3. The normalized spacial score (nSPS) is 9.11. The zero-order valence-corrected chi connectivity index (χ0v) is 5.39. The van der Waals surface area contributed by atoms with Crippen molar-refractivity contribution in [2.45, 2.75) is 19.8 Å². The van der Waals surface area contributed by atoms with E-state index in [1.807, 2.05) is 0 Å². The third-order valence-electron chi connectivity index (χ3n) is 0.955. The summed E-state index contributed by atoms with van der Waals surface area (Å²) in [5.74, 6) is -0.826. The minimum atomic E-state index is -0.427. The first-order chi connectivity index (χ1) is 4.18. The van der Waals surface area contributed by atoms with Crippen LogP contribution in [-0.4, -0.2) is 23.3 Å². The Morgan fingerprint density at radius 3 is 2.33 bits per heavy atom. The summed E-state index contributed by atoms with van der Waals surface area (Å²) in [6, 6.07) is 0. The van der Waals surface area contributed by atoms with Gasteiger partial charge in [-0.25, -0.2) is 0 Å². The van der Waals surface area contributed by atoms with Crippen LogP contribution in [0.4, 0.5) is 0 Å². The smallest absolute Gasteiger partial charge is 0.198 e. The fourth-order valence-corrected chi connectivity index (χ4v) is 0.416. The van der Waals surface area contributed by atoms with Gasteiger partial charge in [0.05, 0.1) is 0 Å². The van der Waals surface area contributed by atoms with Crippen LogP contribution in [0.2, 0.25) is 0 Å². The molecule has 0 aliphatic rings. The monoisotopic (exact) mass is 130 g/mol. The number of carbonyl (C=O) groups is 2. The molecule has 52 valence electrons. The molecule has 0 rings (SSSR count). The quantitative estimate of drug-likeness (QED) is 0.541. The molecule has 0 aromatic heterocycles. The van der Waals surface area contributed by atoms with Crippen LogP contribution in [0.3, 0.4) is 0 Å². The molecule has 1 N–H and O–H groups in total.